The highest BCUT2D eigenvalue weighted by molar-refractivity contribution is 5.06. The summed E-state index contributed by atoms with van der Waals surface area (Å²) in [6.45, 7) is 8.24. The molecule has 1 rings (SSSR count). The van der Waals surface area contributed by atoms with Crippen LogP contribution in [0.1, 0.15) is 25.4 Å². The third-order valence-electron chi connectivity index (χ3n) is 3.77. The molecular weight excluding hydrogens is 228 g/mol. The van der Waals surface area contributed by atoms with Crippen LogP contribution < -0.4 is 5.73 Å². The lowest BCUT2D eigenvalue weighted by atomic mass is 9.85. The highest BCUT2D eigenvalue weighted by Crippen LogP contribution is 2.25. The van der Waals surface area contributed by atoms with E-state index in [2.05, 4.69) is 25.8 Å². The molecule has 18 heavy (non-hydrogen) atoms. The number of hydrogen-bond acceptors (Lipinski definition) is 4. The van der Waals surface area contributed by atoms with Crippen LogP contribution in [0.25, 0.3) is 0 Å². The van der Waals surface area contributed by atoms with Crippen molar-refractivity contribution in [1.29, 1.82) is 0 Å². The largest absolute Gasteiger partial charge is 0.465 e. The summed E-state index contributed by atoms with van der Waals surface area (Å²) < 4.78 is 11.0. The summed E-state index contributed by atoms with van der Waals surface area (Å²) in [5, 5.41) is 0. The highest BCUT2D eigenvalue weighted by atomic mass is 16.5. The summed E-state index contributed by atoms with van der Waals surface area (Å²) in [7, 11) is 3.79. The van der Waals surface area contributed by atoms with Gasteiger partial charge in [-0.05, 0) is 32.0 Å². The van der Waals surface area contributed by atoms with E-state index in [-0.39, 0.29) is 5.54 Å². The predicted molar refractivity (Wildman–Crippen MR) is 73.4 cm³/mol. The molecule has 0 amide bonds. The fourth-order valence-corrected chi connectivity index (χ4v) is 2.38. The first-order chi connectivity index (χ1) is 8.46. The fourth-order valence-electron chi connectivity index (χ4n) is 2.38. The molecule has 0 aliphatic carbocycles. The van der Waals surface area contributed by atoms with E-state index >= 15 is 0 Å². The van der Waals surface area contributed by atoms with Gasteiger partial charge in [-0.2, -0.15) is 0 Å². The molecule has 1 unspecified atom stereocenters. The second-order valence-electron chi connectivity index (χ2n) is 5.26. The quantitative estimate of drug-likeness (QED) is 0.809. The first-order valence-electron chi connectivity index (χ1n) is 6.42. The van der Waals surface area contributed by atoms with E-state index in [9.17, 15) is 0 Å². The van der Waals surface area contributed by atoms with Crippen LogP contribution in [0.2, 0.25) is 0 Å². The van der Waals surface area contributed by atoms with Gasteiger partial charge in [0, 0.05) is 13.7 Å². The van der Waals surface area contributed by atoms with Crippen LogP contribution in [0.15, 0.2) is 16.5 Å². The van der Waals surface area contributed by atoms with Gasteiger partial charge in [-0.3, -0.25) is 4.90 Å². The third-order valence-corrected chi connectivity index (χ3v) is 3.77. The van der Waals surface area contributed by atoms with Crippen LogP contribution in [0, 0.1) is 12.8 Å². The zero-order chi connectivity index (χ0) is 13.8. The van der Waals surface area contributed by atoms with Crippen LogP contribution in [0.5, 0.6) is 0 Å². The molecule has 1 heterocycles. The van der Waals surface area contributed by atoms with Gasteiger partial charge in [-0.25, -0.2) is 0 Å². The molecule has 0 saturated heterocycles. The van der Waals surface area contributed by atoms with Crippen molar-refractivity contribution in [3.8, 4) is 0 Å². The predicted octanol–water partition coefficient (Wildman–Crippen LogP) is 2.02. The van der Waals surface area contributed by atoms with E-state index in [4.69, 9.17) is 14.9 Å². The molecule has 4 heteroatoms. The summed E-state index contributed by atoms with van der Waals surface area (Å²) in [5.74, 6) is 2.31. The Morgan fingerprint density at radius 2 is 2.11 bits per heavy atom. The molecule has 0 aromatic carbocycles. The van der Waals surface area contributed by atoms with Crippen molar-refractivity contribution >= 4 is 0 Å². The summed E-state index contributed by atoms with van der Waals surface area (Å²) in [4.78, 5) is 2.24. The van der Waals surface area contributed by atoms with Gasteiger partial charge in [0.25, 0.3) is 0 Å². The van der Waals surface area contributed by atoms with Crippen molar-refractivity contribution < 1.29 is 9.15 Å². The number of nitrogens with zero attached hydrogens (tertiary/aromatic N) is 1. The lowest BCUT2D eigenvalue weighted by Gasteiger charge is -2.43. The van der Waals surface area contributed by atoms with Crippen LogP contribution in [-0.4, -0.2) is 37.7 Å². The zero-order valence-corrected chi connectivity index (χ0v) is 12.2. The Labute approximate surface area is 110 Å². The maximum absolute atomic E-state index is 6.00. The van der Waals surface area contributed by atoms with E-state index in [1.54, 1.807) is 7.11 Å². The van der Waals surface area contributed by atoms with E-state index in [0.717, 1.165) is 18.1 Å². The number of furan rings is 1. The standard InChI is InChI=1S/C14H26N2O2/c1-11(2)14(9-15,10-17-5)16(4)8-13-7-6-12(3)18-13/h6-7,11H,8-10,15H2,1-5H3. The van der Waals surface area contributed by atoms with Crippen LogP contribution >= 0.6 is 0 Å². The van der Waals surface area contributed by atoms with Crippen molar-refractivity contribution in [2.75, 3.05) is 27.3 Å². The minimum Gasteiger partial charge on any atom is -0.465 e. The molecule has 0 bridgehead atoms. The van der Waals surface area contributed by atoms with E-state index in [0.29, 0.717) is 19.1 Å². The molecule has 0 aliphatic rings. The van der Waals surface area contributed by atoms with Crippen LogP contribution in [-0.2, 0) is 11.3 Å². The molecule has 1 aromatic rings. The van der Waals surface area contributed by atoms with Gasteiger partial charge in [0.15, 0.2) is 0 Å². The number of aryl methyl sites for hydroxylation is 1. The van der Waals surface area contributed by atoms with Gasteiger partial charge in [-0.15, -0.1) is 0 Å². The summed E-state index contributed by atoms with van der Waals surface area (Å²) >= 11 is 0. The maximum Gasteiger partial charge on any atom is 0.118 e. The first-order valence-corrected chi connectivity index (χ1v) is 6.42. The average Bonchev–Trinajstić information content (AvgIpc) is 2.71. The highest BCUT2D eigenvalue weighted by Gasteiger charge is 2.37. The lowest BCUT2D eigenvalue weighted by molar-refractivity contribution is -0.00859. The van der Waals surface area contributed by atoms with Crippen molar-refractivity contribution in [1.82, 2.24) is 4.90 Å². The van der Waals surface area contributed by atoms with Gasteiger partial charge in [0.05, 0.1) is 18.7 Å². The van der Waals surface area contributed by atoms with Gasteiger partial charge in [0.2, 0.25) is 0 Å². The maximum atomic E-state index is 6.00. The first kappa shape index (κ1) is 15.2. The zero-order valence-electron chi connectivity index (χ0n) is 12.2. The number of rotatable bonds is 7. The average molecular weight is 254 g/mol. The molecule has 0 saturated carbocycles. The Morgan fingerprint density at radius 1 is 1.44 bits per heavy atom. The molecule has 1 aromatic heterocycles. The second kappa shape index (κ2) is 6.36. The summed E-state index contributed by atoms with van der Waals surface area (Å²) in [6.07, 6.45) is 0. The Hall–Kier alpha value is -0.840. The van der Waals surface area contributed by atoms with E-state index < -0.39 is 0 Å². The number of hydrogen-bond donors (Lipinski definition) is 1. The molecule has 0 radical (unpaired) electrons. The summed E-state index contributed by atoms with van der Waals surface area (Å²) in [5.41, 5.74) is 5.84. The number of likely N-dealkylation sites (N-methyl/N-ethyl adjacent to an activating group) is 1. The van der Waals surface area contributed by atoms with Crippen molar-refractivity contribution in [2.24, 2.45) is 11.7 Å². The van der Waals surface area contributed by atoms with Crippen LogP contribution in [0.3, 0.4) is 0 Å². The second-order valence-corrected chi connectivity index (χ2v) is 5.26. The number of methoxy groups -OCH3 is 1. The third kappa shape index (κ3) is 3.13. The molecule has 4 nitrogen and oxygen atoms in total. The fraction of sp³-hybridized carbons (Fsp3) is 0.714. The van der Waals surface area contributed by atoms with Gasteiger partial charge < -0.3 is 14.9 Å². The van der Waals surface area contributed by atoms with Crippen molar-refractivity contribution in [2.45, 2.75) is 32.9 Å². The van der Waals surface area contributed by atoms with E-state index in [1.807, 2.05) is 19.1 Å². The van der Waals surface area contributed by atoms with Crippen molar-refractivity contribution in [3.05, 3.63) is 23.7 Å². The smallest absolute Gasteiger partial charge is 0.118 e. The molecule has 2 N–H and O–H groups in total. The van der Waals surface area contributed by atoms with Gasteiger partial charge in [0.1, 0.15) is 11.5 Å². The number of ether oxygens (including phenoxy) is 1. The topological polar surface area (TPSA) is 51.6 Å². The Balaban J connectivity index is 2.84. The Bertz CT molecular complexity index is 362. The molecule has 0 aliphatic heterocycles. The molecule has 1 atom stereocenters. The monoisotopic (exact) mass is 254 g/mol. The minimum absolute atomic E-state index is 0.157. The SMILES string of the molecule is COCC(CN)(C(C)C)N(C)Cc1ccc(C)o1. The Kier molecular flexibility index (Phi) is 5.38. The minimum atomic E-state index is -0.157. The molecule has 0 spiro atoms. The normalized spacial score (nSPS) is 15.3. The van der Waals surface area contributed by atoms with Crippen LogP contribution in [0.4, 0.5) is 0 Å². The molecule has 0 fully saturated rings. The van der Waals surface area contributed by atoms with Gasteiger partial charge >= 0.3 is 0 Å². The summed E-state index contributed by atoms with van der Waals surface area (Å²) in [6, 6.07) is 4.00. The molecular formula is C14H26N2O2. The van der Waals surface area contributed by atoms with Gasteiger partial charge in [-0.1, -0.05) is 13.8 Å². The number of nitrogens with two attached hydrogens (primary N) is 1. The van der Waals surface area contributed by atoms with Crippen molar-refractivity contribution in [3.63, 3.8) is 0 Å². The Morgan fingerprint density at radius 3 is 2.50 bits per heavy atom. The lowest BCUT2D eigenvalue weighted by Crippen LogP contribution is -2.58. The van der Waals surface area contributed by atoms with E-state index in [1.165, 1.54) is 0 Å². The molecule has 104 valence electrons.